The average molecular weight is 204 g/mol. The van der Waals surface area contributed by atoms with E-state index in [1.807, 2.05) is 0 Å². The summed E-state index contributed by atoms with van der Waals surface area (Å²) in [5.74, 6) is 2.89. The second-order valence-electron chi connectivity index (χ2n) is 7.21. The quantitative estimate of drug-likeness (QED) is 0.513. The Balaban J connectivity index is 1.93. The lowest BCUT2D eigenvalue weighted by molar-refractivity contribution is -0.0457. The molecule has 3 fully saturated rings. The maximum Gasteiger partial charge on any atom is -0.0146 e. The summed E-state index contributed by atoms with van der Waals surface area (Å²) < 4.78 is 0. The van der Waals surface area contributed by atoms with Crippen molar-refractivity contribution in [3.8, 4) is 0 Å². The van der Waals surface area contributed by atoms with Crippen LogP contribution in [0.1, 0.15) is 52.9 Å². The third kappa shape index (κ3) is 1.09. The van der Waals surface area contributed by atoms with Crippen molar-refractivity contribution in [2.24, 2.45) is 28.6 Å². The van der Waals surface area contributed by atoms with Gasteiger partial charge < -0.3 is 0 Å². The van der Waals surface area contributed by atoms with Gasteiger partial charge in [0.15, 0.2) is 0 Å². The molecule has 0 nitrogen and oxygen atoms in total. The molecule has 0 N–H and O–H groups in total. The van der Waals surface area contributed by atoms with Crippen molar-refractivity contribution in [2.45, 2.75) is 52.9 Å². The molecule has 3 rings (SSSR count). The van der Waals surface area contributed by atoms with Crippen molar-refractivity contribution in [1.29, 1.82) is 0 Å². The first kappa shape index (κ1) is 9.93. The van der Waals surface area contributed by atoms with Crippen LogP contribution in [0.25, 0.3) is 0 Å². The van der Waals surface area contributed by atoms with Crippen LogP contribution in [0.3, 0.4) is 0 Å². The van der Waals surface area contributed by atoms with Crippen molar-refractivity contribution in [2.75, 3.05) is 0 Å². The maximum absolute atomic E-state index is 4.35. The number of fused-ring (bicyclic) bond motifs is 3. The molecule has 0 heteroatoms. The van der Waals surface area contributed by atoms with Gasteiger partial charge in [-0.15, -0.1) is 0 Å². The van der Waals surface area contributed by atoms with Crippen molar-refractivity contribution in [1.82, 2.24) is 0 Å². The topological polar surface area (TPSA) is 0 Å². The number of rotatable bonds is 0. The summed E-state index contributed by atoms with van der Waals surface area (Å²) in [5.41, 5.74) is 2.84. The van der Waals surface area contributed by atoms with Crippen LogP contribution < -0.4 is 0 Å². The third-order valence-electron chi connectivity index (χ3n) is 6.07. The molecule has 3 saturated carbocycles. The summed E-state index contributed by atoms with van der Waals surface area (Å²) in [5, 5.41) is 0. The Labute approximate surface area is 94.1 Å². The zero-order chi connectivity index (χ0) is 10.8. The van der Waals surface area contributed by atoms with Crippen LogP contribution >= 0.6 is 0 Å². The van der Waals surface area contributed by atoms with Crippen molar-refractivity contribution >= 4 is 0 Å². The highest BCUT2D eigenvalue weighted by Gasteiger charge is 2.63. The van der Waals surface area contributed by atoms with Crippen LogP contribution in [0.15, 0.2) is 12.2 Å². The number of hydrogen-bond donors (Lipinski definition) is 0. The van der Waals surface area contributed by atoms with E-state index < -0.39 is 0 Å². The predicted octanol–water partition coefficient (Wildman–Crippen LogP) is 4.42. The summed E-state index contributed by atoms with van der Waals surface area (Å²) >= 11 is 0. The molecule has 0 saturated heterocycles. The van der Waals surface area contributed by atoms with Crippen LogP contribution in [0.5, 0.6) is 0 Å². The van der Waals surface area contributed by atoms with Gasteiger partial charge in [-0.25, -0.2) is 0 Å². The Morgan fingerprint density at radius 3 is 2.60 bits per heavy atom. The lowest BCUT2D eigenvalue weighted by Gasteiger charge is -2.54. The van der Waals surface area contributed by atoms with Gasteiger partial charge in [-0.2, -0.15) is 0 Å². The van der Waals surface area contributed by atoms with E-state index in [1.165, 1.54) is 32.1 Å². The first-order valence-corrected chi connectivity index (χ1v) is 6.63. The van der Waals surface area contributed by atoms with Crippen molar-refractivity contribution in [3.63, 3.8) is 0 Å². The fourth-order valence-electron chi connectivity index (χ4n) is 5.07. The van der Waals surface area contributed by atoms with Gasteiger partial charge in [0.05, 0.1) is 0 Å². The normalized spacial score (nSPS) is 51.9. The molecular formula is C15H24. The first-order chi connectivity index (χ1) is 6.95. The highest BCUT2D eigenvalue weighted by Crippen LogP contribution is 2.71. The minimum Gasteiger partial charge on any atom is -0.0996 e. The molecule has 3 aliphatic carbocycles. The Morgan fingerprint density at radius 1 is 1.20 bits per heavy atom. The molecule has 0 aliphatic heterocycles. The van der Waals surface area contributed by atoms with Crippen LogP contribution in [0.2, 0.25) is 0 Å². The second kappa shape index (κ2) is 2.70. The van der Waals surface area contributed by atoms with Gasteiger partial charge in [-0.3, -0.25) is 0 Å². The molecule has 4 atom stereocenters. The van der Waals surface area contributed by atoms with Gasteiger partial charge in [-0.05, 0) is 60.7 Å². The molecule has 0 amide bonds. The smallest absolute Gasteiger partial charge is 0.0146 e. The zero-order valence-electron chi connectivity index (χ0n) is 10.5. The molecule has 0 radical (unpaired) electrons. The fraction of sp³-hybridized carbons (Fsp3) is 0.867. The highest BCUT2D eigenvalue weighted by molar-refractivity contribution is 5.21. The van der Waals surface area contributed by atoms with E-state index in [1.54, 1.807) is 5.57 Å². The van der Waals surface area contributed by atoms with E-state index in [4.69, 9.17) is 0 Å². The van der Waals surface area contributed by atoms with Gasteiger partial charge in [-0.1, -0.05) is 32.9 Å². The minimum absolute atomic E-state index is 0.630. The molecule has 3 aliphatic rings. The van der Waals surface area contributed by atoms with E-state index >= 15 is 0 Å². The SMILES string of the molecule is C=C1CCCC2(C)C1CC1C2CC1(C)C. The molecular weight excluding hydrogens is 180 g/mol. The van der Waals surface area contributed by atoms with Crippen molar-refractivity contribution in [3.05, 3.63) is 12.2 Å². The lowest BCUT2D eigenvalue weighted by Crippen LogP contribution is -2.46. The molecule has 0 aromatic carbocycles. The van der Waals surface area contributed by atoms with E-state index in [-0.39, 0.29) is 0 Å². The van der Waals surface area contributed by atoms with Gasteiger partial charge in [0.1, 0.15) is 0 Å². The Hall–Kier alpha value is -0.260. The standard InChI is InChI=1S/C15H24/c1-10-6-5-7-15(4)11(10)8-12-13(15)9-14(12,2)3/h11-13H,1,5-9H2,2-4H3. The summed E-state index contributed by atoms with van der Waals surface area (Å²) in [6.45, 7) is 11.8. The van der Waals surface area contributed by atoms with Crippen LogP contribution in [-0.4, -0.2) is 0 Å². The van der Waals surface area contributed by atoms with Gasteiger partial charge in [0, 0.05) is 0 Å². The first-order valence-electron chi connectivity index (χ1n) is 6.63. The van der Waals surface area contributed by atoms with Crippen LogP contribution in [-0.2, 0) is 0 Å². The van der Waals surface area contributed by atoms with Gasteiger partial charge >= 0.3 is 0 Å². The number of hydrogen-bond acceptors (Lipinski definition) is 0. The van der Waals surface area contributed by atoms with Crippen LogP contribution in [0.4, 0.5) is 0 Å². The monoisotopic (exact) mass is 204 g/mol. The summed E-state index contributed by atoms with van der Waals surface area (Å²) in [7, 11) is 0. The van der Waals surface area contributed by atoms with Crippen LogP contribution in [0, 0.1) is 28.6 Å². The Morgan fingerprint density at radius 2 is 1.93 bits per heavy atom. The third-order valence-corrected chi connectivity index (χ3v) is 6.07. The molecule has 0 spiro atoms. The number of allylic oxidation sites excluding steroid dienone is 1. The molecule has 0 aromatic rings. The van der Waals surface area contributed by atoms with Crippen molar-refractivity contribution < 1.29 is 0 Å². The summed E-state index contributed by atoms with van der Waals surface area (Å²) in [4.78, 5) is 0. The molecule has 0 aromatic heterocycles. The predicted molar refractivity (Wildman–Crippen MR) is 64.6 cm³/mol. The highest BCUT2D eigenvalue weighted by atomic mass is 14.7. The van der Waals surface area contributed by atoms with Gasteiger partial charge in [0.25, 0.3) is 0 Å². The summed E-state index contributed by atoms with van der Waals surface area (Å²) in [6, 6.07) is 0. The average Bonchev–Trinajstić information content (AvgIpc) is 2.38. The fourth-order valence-corrected chi connectivity index (χ4v) is 5.07. The van der Waals surface area contributed by atoms with Gasteiger partial charge in [0.2, 0.25) is 0 Å². The summed E-state index contributed by atoms with van der Waals surface area (Å²) in [6.07, 6.45) is 7.09. The molecule has 0 bridgehead atoms. The lowest BCUT2D eigenvalue weighted by atomic mass is 9.51. The maximum atomic E-state index is 4.35. The van der Waals surface area contributed by atoms with E-state index in [2.05, 4.69) is 27.4 Å². The largest absolute Gasteiger partial charge is 0.0996 e. The second-order valence-corrected chi connectivity index (χ2v) is 7.21. The molecule has 84 valence electrons. The van der Waals surface area contributed by atoms with E-state index in [0.717, 1.165) is 17.8 Å². The minimum atomic E-state index is 0.630. The van der Waals surface area contributed by atoms with E-state index in [0.29, 0.717) is 10.8 Å². The van der Waals surface area contributed by atoms with E-state index in [9.17, 15) is 0 Å². The molecule has 0 heterocycles. The molecule has 15 heavy (non-hydrogen) atoms. The zero-order valence-corrected chi connectivity index (χ0v) is 10.5. The Kier molecular flexibility index (Phi) is 1.79. The Bertz CT molecular complexity index is 312. The molecule has 4 unspecified atom stereocenters.